The maximum Gasteiger partial charge on any atom is 0.266 e. The third-order valence-corrected chi connectivity index (χ3v) is 2.45. The van der Waals surface area contributed by atoms with Crippen LogP contribution in [-0.2, 0) is 0 Å². The second-order valence-corrected chi connectivity index (χ2v) is 4.12. The summed E-state index contributed by atoms with van der Waals surface area (Å²) in [6, 6.07) is 7.13. The van der Waals surface area contributed by atoms with E-state index in [0.29, 0.717) is 29.9 Å². The van der Waals surface area contributed by atoms with Crippen molar-refractivity contribution in [1.29, 1.82) is 0 Å². The Labute approximate surface area is 115 Å². The van der Waals surface area contributed by atoms with Crippen LogP contribution in [0.25, 0.3) is 0 Å². The molecule has 2 aromatic rings. The Hall–Kier alpha value is -1.99. The smallest absolute Gasteiger partial charge is 0.266 e. The van der Waals surface area contributed by atoms with Crippen molar-refractivity contribution in [2.75, 3.05) is 23.8 Å². The number of hydrogen-bond donors (Lipinski definition) is 3. The fourth-order valence-corrected chi connectivity index (χ4v) is 1.42. The van der Waals surface area contributed by atoms with Gasteiger partial charge < -0.3 is 15.7 Å². The average molecular weight is 281 g/mol. The number of anilines is 3. The number of nitrogens with zero attached hydrogens (tertiary/aromatic N) is 4. The maximum absolute atomic E-state index is 8.64. The van der Waals surface area contributed by atoms with E-state index in [0.717, 1.165) is 5.69 Å². The first-order chi connectivity index (χ1) is 9.28. The lowest BCUT2D eigenvalue weighted by Gasteiger charge is -2.04. The van der Waals surface area contributed by atoms with Crippen LogP contribution in [0.3, 0.4) is 0 Å². The lowest BCUT2D eigenvalue weighted by atomic mass is 10.3. The summed E-state index contributed by atoms with van der Waals surface area (Å²) < 4.78 is 0. The van der Waals surface area contributed by atoms with Gasteiger partial charge in [0.05, 0.1) is 0 Å². The number of rotatable bonds is 6. The molecule has 7 nitrogen and oxygen atoms in total. The monoisotopic (exact) mass is 280 g/mol. The highest BCUT2D eigenvalue weighted by Gasteiger charge is 2.01. The normalized spacial score (nSPS) is 10.2. The minimum absolute atomic E-state index is 0.115. The molecule has 100 valence electrons. The van der Waals surface area contributed by atoms with E-state index in [-0.39, 0.29) is 6.61 Å². The van der Waals surface area contributed by atoms with Gasteiger partial charge in [0.25, 0.3) is 11.9 Å². The Morgan fingerprint density at radius 1 is 1.00 bits per heavy atom. The van der Waals surface area contributed by atoms with Crippen LogP contribution < -0.4 is 10.6 Å². The van der Waals surface area contributed by atoms with Crippen LogP contribution in [0, 0.1) is 0 Å². The average Bonchev–Trinajstić information content (AvgIpc) is 2.44. The Bertz CT molecular complexity index is 504. The molecule has 19 heavy (non-hydrogen) atoms. The zero-order valence-electron chi connectivity index (χ0n) is 10.0. The van der Waals surface area contributed by atoms with Gasteiger partial charge in [-0.3, -0.25) is 0 Å². The van der Waals surface area contributed by atoms with Crippen molar-refractivity contribution in [3.05, 3.63) is 29.3 Å². The molecule has 2 rings (SSSR count). The molecule has 8 heteroatoms. The van der Waals surface area contributed by atoms with Crippen molar-refractivity contribution >= 4 is 29.2 Å². The maximum atomic E-state index is 8.64. The van der Waals surface area contributed by atoms with Crippen LogP contribution in [0.5, 0.6) is 0 Å². The molecule has 0 spiro atoms. The summed E-state index contributed by atoms with van der Waals surface area (Å²) >= 11 is 5.79. The zero-order chi connectivity index (χ0) is 13.5. The Kier molecular flexibility index (Phi) is 4.82. The van der Waals surface area contributed by atoms with Crippen molar-refractivity contribution in [3.63, 3.8) is 0 Å². The van der Waals surface area contributed by atoms with Gasteiger partial charge in [-0.1, -0.05) is 11.6 Å². The van der Waals surface area contributed by atoms with Gasteiger partial charge in [-0.15, -0.1) is 20.4 Å². The van der Waals surface area contributed by atoms with Gasteiger partial charge in [0.1, 0.15) is 0 Å². The van der Waals surface area contributed by atoms with Gasteiger partial charge >= 0.3 is 0 Å². The molecule has 0 fully saturated rings. The molecule has 0 aliphatic rings. The van der Waals surface area contributed by atoms with Crippen molar-refractivity contribution in [2.45, 2.75) is 6.42 Å². The number of hydrogen-bond acceptors (Lipinski definition) is 7. The fourth-order valence-electron chi connectivity index (χ4n) is 1.29. The largest absolute Gasteiger partial charge is 0.396 e. The predicted molar refractivity (Wildman–Crippen MR) is 72.5 cm³/mol. The molecule has 0 aliphatic carbocycles. The lowest BCUT2D eigenvalue weighted by molar-refractivity contribution is 0.292. The van der Waals surface area contributed by atoms with Gasteiger partial charge in [-0.25, -0.2) is 0 Å². The van der Waals surface area contributed by atoms with Gasteiger partial charge in [0, 0.05) is 23.9 Å². The number of benzene rings is 1. The fraction of sp³-hybridized carbons (Fsp3) is 0.273. The van der Waals surface area contributed by atoms with E-state index in [1.54, 1.807) is 24.3 Å². The topological polar surface area (TPSA) is 95.8 Å². The zero-order valence-corrected chi connectivity index (χ0v) is 10.8. The van der Waals surface area contributed by atoms with E-state index >= 15 is 0 Å². The van der Waals surface area contributed by atoms with Crippen molar-refractivity contribution in [2.24, 2.45) is 0 Å². The number of aliphatic hydroxyl groups is 1. The first-order valence-electron chi connectivity index (χ1n) is 5.72. The summed E-state index contributed by atoms with van der Waals surface area (Å²) in [5, 5.41) is 30.6. The van der Waals surface area contributed by atoms with Crippen LogP contribution >= 0.6 is 11.6 Å². The number of halogens is 1. The van der Waals surface area contributed by atoms with Crippen molar-refractivity contribution in [1.82, 2.24) is 20.4 Å². The molecule has 0 radical (unpaired) electrons. The van der Waals surface area contributed by atoms with E-state index in [4.69, 9.17) is 16.7 Å². The minimum atomic E-state index is 0.115. The molecule has 0 bridgehead atoms. The van der Waals surface area contributed by atoms with Gasteiger partial charge in [0.15, 0.2) is 0 Å². The van der Waals surface area contributed by atoms with Crippen LogP contribution in [-0.4, -0.2) is 38.7 Å². The van der Waals surface area contributed by atoms with Crippen LogP contribution in [0.1, 0.15) is 6.42 Å². The third kappa shape index (κ3) is 4.31. The molecule has 1 aromatic heterocycles. The number of aromatic nitrogens is 4. The van der Waals surface area contributed by atoms with Crippen molar-refractivity contribution in [3.8, 4) is 0 Å². The molecule has 0 unspecified atom stereocenters. The molecule has 1 heterocycles. The van der Waals surface area contributed by atoms with Crippen molar-refractivity contribution < 1.29 is 5.11 Å². The lowest BCUT2D eigenvalue weighted by Crippen LogP contribution is -2.10. The summed E-state index contributed by atoms with van der Waals surface area (Å²) in [5.41, 5.74) is 0.800. The molecule has 1 aromatic carbocycles. The molecule has 3 N–H and O–H groups in total. The quantitative estimate of drug-likeness (QED) is 0.689. The molecule has 0 aliphatic heterocycles. The minimum Gasteiger partial charge on any atom is -0.396 e. The highest BCUT2D eigenvalue weighted by molar-refractivity contribution is 6.30. The number of nitrogens with one attached hydrogen (secondary N) is 2. The van der Waals surface area contributed by atoms with E-state index < -0.39 is 0 Å². The Morgan fingerprint density at radius 2 is 1.63 bits per heavy atom. The number of aliphatic hydroxyl groups excluding tert-OH is 1. The molecular formula is C11H13ClN6O. The summed E-state index contributed by atoms with van der Waals surface area (Å²) in [4.78, 5) is 0. The highest BCUT2D eigenvalue weighted by atomic mass is 35.5. The highest BCUT2D eigenvalue weighted by Crippen LogP contribution is 2.15. The standard InChI is InChI=1S/C11H13ClN6O/c12-8-2-4-9(5-3-8)14-11-17-15-10(16-18-11)13-6-1-7-19/h2-5,19H,1,6-7H2,(H,13,15,16)(H,14,17,18). The van der Waals surface area contributed by atoms with Crippen LogP contribution in [0.15, 0.2) is 24.3 Å². The molecular weight excluding hydrogens is 268 g/mol. The second kappa shape index (κ2) is 6.81. The SMILES string of the molecule is OCCCNc1nnc(Nc2ccc(Cl)cc2)nn1. The summed E-state index contributed by atoms with van der Waals surface area (Å²) in [5.74, 6) is 0.630. The van der Waals surface area contributed by atoms with Gasteiger partial charge in [0.2, 0.25) is 0 Å². The van der Waals surface area contributed by atoms with Crippen LogP contribution in [0.4, 0.5) is 17.6 Å². The molecule has 0 atom stereocenters. The third-order valence-electron chi connectivity index (χ3n) is 2.20. The molecule has 0 amide bonds. The van der Waals surface area contributed by atoms with E-state index in [1.807, 2.05) is 0 Å². The second-order valence-electron chi connectivity index (χ2n) is 3.68. The van der Waals surface area contributed by atoms with E-state index in [1.165, 1.54) is 0 Å². The summed E-state index contributed by atoms with van der Waals surface area (Å²) in [7, 11) is 0. The van der Waals surface area contributed by atoms with Gasteiger partial charge in [-0.05, 0) is 30.7 Å². The molecule has 0 saturated heterocycles. The first-order valence-corrected chi connectivity index (χ1v) is 6.10. The molecule has 0 saturated carbocycles. The predicted octanol–water partition coefficient (Wildman–Crippen LogP) is 1.46. The summed E-state index contributed by atoms with van der Waals surface area (Å²) in [6.45, 7) is 0.688. The Morgan fingerprint density at radius 3 is 2.26 bits per heavy atom. The summed E-state index contributed by atoms with van der Waals surface area (Å²) in [6.07, 6.45) is 0.619. The first kappa shape index (κ1) is 13.4. The van der Waals surface area contributed by atoms with E-state index in [9.17, 15) is 0 Å². The van der Waals surface area contributed by atoms with Crippen LogP contribution in [0.2, 0.25) is 5.02 Å². The Balaban J connectivity index is 1.92. The van der Waals surface area contributed by atoms with Gasteiger partial charge in [-0.2, -0.15) is 0 Å². The van der Waals surface area contributed by atoms with E-state index in [2.05, 4.69) is 31.0 Å².